The molecule has 0 aromatic heterocycles. The van der Waals surface area contributed by atoms with Gasteiger partial charge in [0.05, 0.1) is 5.56 Å². The van der Waals surface area contributed by atoms with E-state index in [1.165, 1.54) is 12.1 Å². The molecule has 0 atom stereocenters. The minimum Gasteiger partial charge on any atom is -0.255 e. The van der Waals surface area contributed by atoms with Crippen molar-refractivity contribution in [3.63, 3.8) is 0 Å². The minimum atomic E-state index is -1.06. The number of benzene rings is 1. The number of nitro groups is 1. The lowest BCUT2D eigenvalue weighted by atomic mass is 9.87. The van der Waals surface area contributed by atoms with Gasteiger partial charge in [0.25, 0.3) is 0 Å². The van der Waals surface area contributed by atoms with E-state index in [-0.39, 0.29) is 11.0 Å². The molecule has 0 saturated heterocycles. The van der Waals surface area contributed by atoms with Crippen LogP contribution in [-0.4, -0.2) is 10.8 Å². The van der Waals surface area contributed by atoms with E-state index in [0.717, 1.165) is 5.56 Å². The van der Waals surface area contributed by atoms with Gasteiger partial charge in [-0.3, -0.25) is 10.1 Å². The molecule has 0 aliphatic carbocycles. The molecule has 0 bridgehead atoms. The van der Waals surface area contributed by atoms with Gasteiger partial charge in [0.2, 0.25) is 0 Å². The topological polar surface area (TPSA) is 60.2 Å². The Morgan fingerprint density at radius 3 is 2.00 bits per heavy atom. The summed E-state index contributed by atoms with van der Waals surface area (Å²) in [4.78, 5) is 20.3. The van der Waals surface area contributed by atoms with Crippen molar-refractivity contribution in [1.29, 1.82) is 0 Å². The number of carbonyl (C=O) groups is 1. The monoisotopic (exact) mass is 207 g/mol. The molecule has 0 aliphatic heterocycles. The Kier molecular flexibility index (Phi) is 2.88. The lowest BCUT2D eigenvalue weighted by Crippen LogP contribution is -2.14. The molecule has 0 aliphatic rings. The summed E-state index contributed by atoms with van der Waals surface area (Å²) in [5.41, 5.74) is 1.14. The molecular formula is C11H13NO3. The van der Waals surface area contributed by atoms with Crippen LogP contribution in [0.2, 0.25) is 0 Å². The van der Waals surface area contributed by atoms with Crippen molar-refractivity contribution >= 4 is 5.91 Å². The summed E-state index contributed by atoms with van der Waals surface area (Å²) in [5, 5.41) is 10.2. The molecule has 0 radical (unpaired) electrons. The second kappa shape index (κ2) is 3.81. The van der Waals surface area contributed by atoms with E-state index < -0.39 is 10.8 Å². The van der Waals surface area contributed by atoms with Crippen molar-refractivity contribution in [2.24, 2.45) is 0 Å². The first-order valence-corrected chi connectivity index (χ1v) is 4.61. The highest BCUT2D eigenvalue weighted by Gasteiger charge is 2.19. The van der Waals surface area contributed by atoms with Gasteiger partial charge in [-0.15, -0.1) is 0 Å². The van der Waals surface area contributed by atoms with Crippen LogP contribution in [0.15, 0.2) is 24.3 Å². The number of rotatable bonds is 1. The first-order chi connectivity index (χ1) is 6.82. The zero-order valence-electron chi connectivity index (χ0n) is 8.98. The second-order valence-electron chi connectivity index (χ2n) is 4.39. The maximum absolute atomic E-state index is 11.0. The maximum Gasteiger partial charge on any atom is 0.476 e. The Hall–Kier alpha value is -1.71. The standard InChI is InChI=1S/C11H13NO3/c1-11(2,3)9-6-4-8(5-7-9)10(13)12(14)15/h4-7H,1-3H3. The summed E-state index contributed by atoms with van der Waals surface area (Å²) in [6.45, 7) is 6.12. The van der Waals surface area contributed by atoms with Gasteiger partial charge in [0.15, 0.2) is 0 Å². The van der Waals surface area contributed by atoms with Gasteiger partial charge < -0.3 is 0 Å². The first-order valence-electron chi connectivity index (χ1n) is 4.61. The molecule has 0 unspecified atom stereocenters. The average molecular weight is 207 g/mol. The van der Waals surface area contributed by atoms with Crippen LogP contribution in [0.5, 0.6) is 0 Å². The first kappa shape index (κ1) is 11.4. The molecule has 0 fully saturated rings. The Labute approximate surface area is 88.1 Å². The van der Waals surface area contributed by atoms with Gasteiger partial charge in [0.1, 0.15) is 4.92 Å². The summed E-state index contributed by atoms with van der Waals surface area (Å²) in [7, 11) is 0. The number of hydrogen-bond donors (Lipinski definition) is 0. The van der Waals surface area contributed by atoms with E-state index >= 15 is 0 Å². The largest absolute Gasteiger partial charge is 0.476 e. The van der Waals surface area contributed by atoms with Crippen LogP contribution in [0.4, 0.5) is 0 Å². The van der Waals surface area contributed by atoms with E-state index in [9.17, 15) is 14.9 Å². The van der Waals surface area contributed by atoms with Crippen molar-refractivity contribution in [2.75, 3.05) is 0 Å². The van der Waals surface area contributed by atoms with Crippen LogP contribution in [0, 0.1) is 10.1 Å². The summed E-state index contributed by atoms with van der Waals surface area (Å²) < 4.78 is 0. The van der Waals surface area contributed by atoms with Crippen molar-refractivity contribution in [2.45, 2.75) is 26.2 Å². The van der Waals surface area contributed by atoms with Crippen LogP contribution >= 0.6 is 0 Å². The zero-order chi connectivity index (χ0) is 11.6. The molecule has 0 spiro atoms. The van der Waals surface area contributed by atoms with E-state index in [2.05, 4.69) is 0 Å². The molecule has 80 valence electrons. The van der Waals surface area contributed by atoms with Crippen molar-refractivity contribution in [1.82, 2.24) is 0 Å². The normalized spacial score (nSPS) is 11.1. The van der Waals surface area contributed by atoms with Crippen molar-refractivity contribution < 1.29 is 9.72 Å². The van der Waals surface area contributed by atoms with Gasteiger partial charge in [0, 0.05) is 0 Å². The second-order valence-corrected chi connectivity index (χ2v) is 4.39. The van der Waals surface area contributed by atoms with Gasteiger partial charge in [-0.2, -0.15) is 0 Å². The summed E-state index contributed by atoms with van der Waals surface area (Å²) in [5.74, 6) is -1.06. The molecule has 1 aromatic carbocycles. The minimum absolute atomic E-state index is 0.0177. The fraction of sp³-hybridized carbons (Fsp3) is 0.364. The fourth-order valence-corrected chi connectivity index (χ4v) is 1.22. The number of hydrogen-bond acceptors (Lipinski definition) is 3. The Balaban J connectivity index is 3.01. The number of nitrogens with zero attached hydrogens (tertiary/aromatic N) is 1. The third kappa shape index (κ3) is 2.62. The molecule has 15 heavy (non-hydrogen) atoms. The maximum atomic E-state index is 11.0. The van der Waals surface area contributed by atoms with E-state index in [1.54, 1.807) is 12.1 Å². The SMILES string of the molecule is CC(C)(C)c1ccc(C(=O)[N+](=O)[O-])cc1. The zero-order valence-corrected chi connectivity index (χ0v) is 8.98. The molecule has 1 aromatic rings. The summed E-state index contributed by atoms with van der Waals surface area (Å²) in [6, 6.07) is 6.48. The molecule has 1 amide bonds. The van der Waals surface area contributed by atoms with Crippen molar-refractivity contribution in [3.8, 4) is 0 Å². The van der Waals surface area contributed by atoms with Gasteiger partial charge in [-0.05, 0) is 23.1 Å². The highest BCUT2D eigenvalue weighted by atomic mass is 16.6. The molecule has 0 heterocycles. The van der Waals surface area contributed by atoms with Crippen LogP contribution in [-0.2, 0) is 5.41 Å². The molecule has 0 saturated carbocycles. The average Bonchev–Trinajstić information content (AvgIpc) is 2.15. The van der Waals surface area contributed by atoms with E-state index in [1.807, 2.05) is 20.8 Å². The van der Waals surface area contributed by atoms with E-state index in [4.69, 9.17) is 0 Å². The van der Waals surface area contributed by atoms with Crippen molar-refractivity contribution in [3.05, 3.63) is 45.5 Å². The van der Waals surface area contributed by atoms with Crippen LogP contribution in [0.1, 0.15) is 36.7 Å². The van der Waals surface area contributed by atoms with E-state index in [0.29, 0.717) is 0 Å². The number of carbonyl (C=O) groups excluding carboxylic acids is 1. The molecule has 0 N–H and O–H groups in total. The van der Waals surface area contributed by atoms with Gasteiger partial charge >= 0.3 is 5.91 Å². The lowest BCUT2D eigenvalue weighted by Gasteiger charge is -2.18. The van der Waals surface area contributed by atoms with Crippen LogP contribution in [0.3, 0.4) is 0 Å². The third-order valence-corrected chi connectivity index (χ3v) is 2.16. The molecule has 1 rings (SSSR count). The van der Waals surface area contributed by atoms with Crippen LogP contribution < -0.4 is 0 Å². The highest BCUT2D eigenvalue weighted by molar-refractivity contribution is 5.87. The Bertz CT molecular complexity index is 387. The number of amides is 1. The summed E-state index contributed by atoms with van der Waals surface area (Å²) >= 11 is 0. The summed E-state index contributed by atoms with van der Waals surface area (Å²) in [6.07, 6.45) is 0. The molecule has 4 heteroatoms. The predicted molar refractivity (Wildman–Crippen MR) is 56.5 cm³/mol. The van der Waals surface area contributed by atoms with Gasteiger partial charge in [-0.25, -0.2) is 4.79 Å². The Morgan fingerprint density at radius 1 is 1.20 bits per heavy atom. The third-order valence-electron chi connectivity index (χ3n) is 2.16. The van der Waals surface area contributed by atoms with Gasteiger partial charge in [-0.1, -0.05) is 32.9 Å². The fourth-order valence-electron chi connectivity index (χ4n) is 1.22. The predicted octanol–water partition coefficient (Wildman–Crippen LogP) is 2.40. The van der Waals surface area contributed by atoms with Crippen LogP contribution in [0.25, 0.3) is 0 Å². The lowest BCUT2D eigenvalue weighted by molar-refractivity contribution is -0.375. The Morgan fingerprint density at radius 2 is 1.67 bits per heavy atom. The molecule has 4 nitrogen and oxygen atoms in total. The highest BCUT2D eigenvalue weighted by Crippen LogP contribution is 2.22. The smallest absolute Gasteiger partial charge is 0.255 e. The molecular weight excluding hydrogens is 194 g/mol. The quantitative estimate of drug-likeness (QED) is 0.524.